The first-order valence-corrected chi connectivity index (χ1v) is 5.31. The van der Waals surface area contributed by atoms with Gasteiger partial charge in [0.1, 0.15) is 0 Å². The van der Waals surface area contributed by atoms with Crippen LogP contribution in [0.1, 0.15) is 5.56 Å². The number of nitrogens with one attached hydrogen (secondary N) is 1. The number of para-hydroxylation sites is 1. The van der Waals surface area contributed by atoms with E-state index in [1.165, 1.54) is 6.07 Å². The van der Waals surface area contributed by atoms with Gasteiger partial charge in [0.15, 0.2) is 11.6 Å². The normalized spacial score (nSPS) is 10.2. The lowest BCUT2D eigenvalue weighted by Crippen LogP contribution is -2.05. The van der Waals surface area contributed by atoms with Crippen molar-refractivity contribution in [1.29, 1.82) is 0 Å². The van der Waals surface area contributed by atoms with E-state index in [1.807, 2.05) is 13.1 Å². The van der Waals surface area contributed by atoms with Crippen LogP contribution in [0.2, 0.25) is 0 Å². The molecule has 0 saturated carbocycles. The number of nitrogens with zero attached hydrogens (tertiary/aromatic N) is 1. The summed E-state index contributed by atoms with van der Waals surface area (Å²) in [6, 6.07) is 9.92. The summed E-state index contributed by atoms with van der Waals surface area (Å²) in [5.41, 5.74) is 1.04. The van der Waals surface area contributed by atoms with Gasteiger partial charge < -0.3 is 10.1 Å². The molecule has 0 amide bonds. The molecule has 1 N–H and O–H groups in total. The summed E-state index contributed by atoms with van der Waals surface area (Å²) in [6.45, 7) is 0.718. The maximum Gasteiger partial charge on any atom is 0.219 e. The SMILES string of the molecule is CNCc1ccnc(Oc2ccccc2F)c1. The predicted octanol–water partition coefficient (Wildman–Crippen LogP) is 2.73. The van der Waals surface area contributed by atoms with Crippen molar-refractivity contribution >= 4 is 0 Å². The minimum Gasteiger partial charge on any atom is -0.436 e. The van der Waals surface area contributed by atoms with Gasteiger partial charge in [-0.05, 0) is 30.8 Å². The Bertz CT molecular complexity index is 502. The van der Waals surface area contributed by atoms with E-state index in [9.17, 15) is 4.39 Å². The third kappa shape index (κ3) is 3.01. The first-order chi connectivity index (χ1) is 8.29. The van der Waals surface area contributed by atoms with E-state index in [-0.39, 0.29) is 5.75 Å². The molecule has 0 spiro atoms. The first-order valence-electron chi connectivity index (χ1n) is 5.31. The first kappa shape index (κ1) is 11.5. The molecule has 0 aliphatic heterocycles. The summed E-state index contributed by atoms with van der Waals surface area (Å²) in [5.74, 6) is 0.178. The van der Waals surface area contributed by atoms with Crippen LogP contribution >= 0.6 is 0 Å². The van der Waals surface area contributed by atoms with Crippen molar-refractivity contribution in [3.63, 3.8) is 0 Å². The Balaban J connectivity index is 2.18. The summed E-state index contributed by atoms with van der Waals surface area (Å²) < 4.78 is 18.7. The Morgan fingerprint density at radius 1 is 1.29 bits per heavy atom. The van der Waals surface area contributed by atoms with Gasteiger partial charge in [-0.3, -0.25) is 0 Å². The molecule has 0 saturated heterocycles. The van der Waals surface area contributed by atoms with E-state index in [4.69, 9.17) is 4.74 Å². The van der Waals surface area contributed by atoms with Gasteiger partial charge in [-0.25, -0.2) is 9.37 Å². The molecule has 0 aliphatic carbocycles. The Hall–Kier alpha value is -1.94. The molecule has 0 bridgehead atoms. The number of pyridine rings is 1. The van der Waals surface area contributed by atoms with E-state index in [1.54, 1.807) is 30.5 Å². The summed E-state index contributed by atoms with van der Waals surface area (Å²) in [5, 5.41) is 3.03. The molecule has 1 aromatic carbocycles. The van der Waals surface area contributed by atoms with Crippen LogP contribution in [0.5, 0.6) is 11.6 Å². The average molecular weight is 232 g/mol. The Labute approximate surface area is 99.3 Å². The molecular formula is C13H13FN2O. The van der Waals surface area contributed by atoms with Crippen LogP contribution in [0.15, 0.2) is 42.6 Å². The molecule has 4 heteroatoms. The Morgan fingerprint density at radius 2 is 2.12 bits per heavy atom. The zero-order valence-electron chi connectivity index (χ0n) is 9.48. The van der Waals surface area contributed by atoms with Crippen LogP contribution in [0.25, 0.3) is 0 Å². The maximum atomic E-state index is 13.4. The van der Waals surface area contributed by atoms with Crippen molar-refractivity contribution in [2.24, 2.45) is 0 Å². The fourth-order valence-electron chi connectivity index (χ4n) is 1.46. The van der Waals surface area contributed by atoms with E-state index in [0.29, 0.717) is 5.88 Å². The van der Waals surface area contributed by atoms with Crippen LogP contribution < -0.4 is 10.1 Å². The number of hydrogen-bond donors (Lipinski definition) is 1. The van der Waals surface area contributed by atoms with Crippen LogP contribution in [-0.4, -0.2) is 12.0 Å². The van der Waals surface area contributed by atoms with Crippen molar-refractivity contribution in [2.45, 2.75) is 6.54 Å². The van der Waals surface area contributed by atoms with Crippen molar-refractivity contribution in [3.8, 4) is 11.6 Å². The Morgan fingerprint density at radius 3 is 2.88 bits per heavy atom. The highest BCUT2D eigenvalue weighted by molar-refractivity contribution is 5.30. The molecule has 0 unspecified atom stereocenters. The summed E-state index contributed by atoms with van der Waals surface area (Å²) >= 11 is 0. The number of hydrogen-bond acceptors (Lipinski definition) is 3. The summed E-state index contributed by atoms with van der Waals surface area (Å²) in [4.78, 5) is 4.04. The molecule has 1 heterocycles. The number of ether oxygens (including phenoxy) is 1. The highest BCUT2D eigenvalue weighted by Crippen LogP contribution is 2.22. The van der Waals surface area contributed by atoms with E-state index in [0.717, 1.165) is 12.1 Å². The van der Waals surface area contributed by atoms with Crippen molar-refractivity contribution in [3.05, 3.63) is 54.0 Å². The third-order valence-corrected chi connectivity index (χ3v) is 2.23. The van der Waals surface area contributed by atoms with Gasteiger partial charge in [-0.15, -0.1) is 0 Å². The second kappa shape index (κ2) is 5.41. The summed E-state index contributed by atoms with van der Waals surface area (Å²) in [7, 11) is 1.86. The Kier molecular flexibility index (Phi) is 3.67. The highest BCUT2D eigenvalue weighted by atomic mass is 19.1. The van der Waals surface area contributed by atoms with Gasteiger partial charge in [-0.1, -0.05) is 12.1 Å². The number of halogens is 1. The second-order valence-electron chi connectivity index (χ2n) is 3.57. The quantitative estimate of drug-likeness (QED) is 0.880. The van der Waals surface area contributed by atoms with Crippen molar-refractivity contribution in [2.75, 3.05) is 7.05 Å². The predicted molar refractivity (Wildman–Crippen MR) is 63.5 cm³/mol. The monoisotopic (exact) mass is 232 g/mol. The zero-order valence-corrected chi connectivity index (χ0v) is 9.48. The molecule has 88 valence electrons. The van der Waals surface area contributed by atoms with Crippen LogP contribution in [0, 0.1) is 5.82 Å². The molecular weight excluding hydrogens is 219 g/mol. The minimum absolute atomic E-state index is 0.182. The fourth-order valence-corrected chi connectivity index (χ4v) is 1.46. The molecule has 3 nitrogen and oxygen atoms in total. The molecule has 17 heavy (non-hydrogen) atoms. The fraction of sp³-hybridized carbons (Fsp3) is 0.154. The molecule has 1 aromatic heterocycles. The van der Waals surface area contributed by atoms with Crippen LogP contribution in [-0.2, 0) is 6.54 Å². The van der Waals surface area contributed by atoms with Crippen molar-refractivity contribution < 1.29 is 9.13 Å². The third-order valence-electron chi connectivity index (χ3n) is 2.23. The molecule has 0 atom stereocenters. The van der Waals surface area contributed by atoms with E-state index >= 15 is 0 Å². The topological polar surface area (TPSA) is 34.2 Å². The number of aromatic nitrogens is 1. The van der Waals surface area contributed by atoms with Crippen LogP contribution in [0.4, 0.5) is 4.39 Å². The summed E-state index contributed by atoms with van der Waals surface area (Å²) in [6.07, 6.45) is 1.64. The lowest BCUT2D eigenvalue weighted by molar-refractivity contribution is 0.427. The standard InChI is InChI=1S/C13H13FN2O/c1-15-9-10-6-7-16-13(8-10)17-12-5-3-2-4-11(12)14/h2-8,15H,9H2,1H3. The van der Waals surface area contributed by atoms with E-state index in [2.05, 4.69) is 10.3 Å². The highest BCUT2D eigenvalue weighted by Gasteiger charge is 2.04. The maximum absolute atomic E-state index is 13.4. The van der Waals surface area contributed by atoms with Gasteiger partial charge in [-0.2, -0.15) is 0 Å². The second-order valence-corrected chi connectivity index (χ2v) is 3.57. The lowest BCUT2D eigenvalue weighted by atomic mass is 10.2. The van der Waals surface area contributed by atoms with Gasteiger partial charge in [0.2, 0.25) is 5.88 Å². The molecule has 2 rings (SSSR count). The van der Waals surface area contributed by atoms with E-state index < -0.39 is 5.82 Å². The van der Waals surface area contributed by atoms with Gasteiger partial charge in [0.25, 0.3) is 0 Å². The average Bonchev–Trinajstić information content (AvgIpc) is 2.33. The van der Waals surface area contributed by atoms with Gasteiger partial charge in [0, 0.05) is 18.8 Å². The molecule has 0 radical (unpaired) electrons. The van der Waals surface area contributed by atoms with Crippen LogP contribution in [0.3, 0.4) is 0 Å². The van der Waals surface area contributed by atoms with Crippen molar-refractivity contribution in [1.82, 2.24) is 10.3 Å². The smallest absolute Gasteiger partial charge is 0.219 e. The largest absolute Gasteiger partial charge is 0.436 e. The lowest BCUT2D eigenvalue weighted by Gasteiger charge is -2.06. The number of rotatable bonds is 4. The molecule has 0 aliphatic rings. The zero-order chi connectivity index (χ0) is 12.1. The molecule has 2 aromatic rings. The van der Waals surface area contributed by atoms with Gasteiger partial charge in [0.05, 0.1) is 0 Å². The minimum atomic E-state index is -0.395. The van der Waals surface area contributed by atoms with Gasteiger partial charge >= 0.3 is 0 Å². The molecule has 0 fully saturated rings. The number of benzene rings is 1.